The van der Waals surface area contributed by atoms with Gasteiger partial charge in [-0.15, -0.1) is 5.10 Å². The van der Waals surface area contributed by atoms with Crippen molar-refractivity contribution >= 4 is 5.97 Å². The van der Waals surface area contributed by atoms with E-state index in [1.807, 2.05) is 24.3 Å². The Bertz CT molecular complexity index is 550. The van der Waals surface area contributed by atoms with Gasteiger partial charge in [0, 0.05) is 6.42 Å². The van der Waals surface area contributed by atoms with E-state index in [4.69, 9.17) is 9.84 Å². The van der Waals surface area contributed by atoms with Crippen molar-refractivity contribution in [1.29, 1.82) is 0 Å². The second-order valence-corrected chi connectivity index (χ2v) is 3.99. The van der Waals surface area contributed by atoms with E-state index >= 15 is 0 Å². The predicted octanol–water partition coefficient (Wildman–Crippen LogP) is 0.747. The van der Waals surface area contributed by atoms with Crippen LogP contribution < -0.4 is 4.74 Å². The number of ether oxygens (including phenoxy) is 1. The number of aryl methyl sites for hydroxylation is 1. The zero-order valence-electron chi connectivity index (χ0n) is 10.5. The molecule has 1 aromatic heterocycles. The molecule has 2 rings (SSSR count). The summed E-state index contributed by atoms with van der Waals surface area (Å²) in [5, 5.41) is 19.9. The molecule has 19 heavy (non-hydrogen) atoms. The maximum absolute atomic E-state index is 10.5. The average Bonchev–Trinajstić information content (AvgIpc) is 2.84. The monoisotopic (exact) mass is 262 g/mol. The molecule has 0 bridgehead atoms. The van der Waals surface area contributed by atoms with Crippen LogP contribution in [0.25, 0.3) is 0 Å². The number of carbonyl (C=O) groups is 1. The smallest absolute Gasteiger partial charge is 0.303 e. The molecule has 0 aliphatic carbocycles. The Morgan fingerprint density at radius 3 is 2.74 bits per heavy atom. The second-order valence-electron chi connectivity index (χ2n) is 3.99. The molecule has 1 heterocycles. The van der Waals surface area contributed by atoms with E-state index in [1.165, 1.54) is 0 Å². The summed E-state index contributed by atoms with van der Waals surface area (Å²) in [7, 11) is 1.61. The number of aromatic nitrogens is 4. The van der Waals surface area contributed by atoms with Gasteiger partial charge in [0.05, 0.1) is 20.1 Å². The molecule has 0 saturated heterocycles. The molecule has 2 aromatic rings. The lowest BCUT2D eigenvalue weighted by atomic mass is 10.2. The van der Waals surface area contributed by atoms with Gasteiger partial charge in [-0.3, -0.25) is 4.79 Å². The van der Waals surface area contributed by atoms with Gasteiger partial charge in [-0.05, 0) is 28.1 Å². The van der Waals surface area contributed by atoms with Gasteiger partial charge in [-0.2, -0.15) is 0 Å². The largest absolute Gasteiger partial charge is 0.497 e. The summed E-state index contributed by atoms with van der Waals surface area (Å²) in [6, 6.07) is 7.55. The fourth-order valence-electron chi connectivity index (χ4n) is 1.65. The first-order chi connectivity index (χ1) is 9.19. The van der Waals surface area contributed by atoms with Crippen LogP contribution in [-0.2, 0) is 17.8 Å². The Kier molecular flexibility index (Phi) is 4.07. The summed E-state index contributed by atoms with van der Waals surface area (Å²) in [4.78, 5) is 10.5. The highest BCUT2D eigenvalue weighted by atomic mass is 16.5. The lowest BCUT2D eigenvalue weighted by Crippen LogP contribution is -2.09. The molecule has 100 valence electrons. The quantitative estimate of drug-likeness (QED) is 0.826. The molecule has 0 atom stereocenters. The van der Waals surface area contributed by atoms with E-state index in [1.54, 1.807) is 11.8 Å². The van der Waals surface area contributed by atoms with Crippen LogP contribution >= 0.6 is 0 Å². The molecule has 0 amide bonds. The molecule has 1 N–H and O–H groups in total. The summed E-state index contributed by atoms with van der Waals surface area (Å²) >= 11 is 0. The van der Waals surface area contributed by atoms with Crippen LogP contribution in [0.15, 0.2) is 24.3 Å². The summed E-state index contributed by atoms with van der Waals surface area (Å²) < 4.78 is 6.68. The van der Waals surface area contributed by atoms with Gasteiger partial charge in [0.25, 0.3) is 0 Å². The third kappa shape index (κ3) is 3.51. The Hall–Kier alpha value is -2.44. The normalized spacial score (nSPS) is 10.4. The van der Waals surface area contributed by atoms with E-state index in [-0.39, 0.29) is 6.42 Å². The van der Waals surface area contributed by atoms with Crippen molar-refractivity contribution in [3.8, 4) is 5.75 Å². The third-order valence-electron chi connectivity index (χ3n) is 2.66. The molecule has 0 aliphatic rings. The number of carboxylic acid groups (broad SMARTS) is 1. The summed E-state index contributed by atoms with van der Waals surface area (Å²) in [5.41, 5.74) is 1.02. The lowest BCUT2D eigenvalue weighted by Gasteiger charge is -2.05. The first-order valence-corrected chi connectivity index (χ1v) is 5.79. The van der Waals surface area contributed by atoms with Crippen LogP contribution in [0.2, 0.25) is 0 Å². The molecule has 0 unspecified atom stereocenters. The number of methoxy groups -OCH3 is 1. The Morgan fingerprint density at radius 1 is 1.37 bits per heavy atom. The third-order valence-corrected chi connectivity index (χ3v) is 2.66. The minimum Gasteiger partial charge on any atom is -0.497 e. The van der Waals surface area contributed by atoms with Crippen molar-refractivity contribution < 1.29 is 14.6 Å². The summed E-state index contributed by atoms with van der Waals surface area (Å²) in [5.74, 6) is 0.490. The van der Waals surface area contributed by atoms with Crippen molar-refractivity contribution in [1.82, 2.24) is 20.2 Å². The molecule has 7 heteroatoms. The SMILES string of the molecule is COc1ccc(Cn2nnnc2CCC(=O)O)cc1. The summed E-state index contributed by atoms with van der Waals surface area (Å²) in [6.45, 7) is 0.506. The highest BCUT2D eigenvalue weighted by molar-refractivity contribution is 5.66. The van der Waals surface area contributed by atoms with Crippen LogP contribution in [0.3, 0.4) is 0 Å². The number of hydrogen-bond donors (Lipinski definition) is 1. The van der Waals surface area contributed by atoms with Crippen LogP contribution in [0.1, 0.15) is 17.8 Å². The van der Waals surface area contributed by atoms with Crippen LogP contribution in [0.4, 0.5) is 0 Å². The van der Waals surface area contributed by atoms with Crippen molar-refractivity contribution in [2.24, 2.45) is 0 Å². The van der Waals surface area contributed by atoms with Crippen LogP contribution in [0, 0.1) is 0 Å². The van der Waals surface area contributed by atoms with Gasteiger partial charge < -0.3 is 9.84 Å². The van der Waals surface area contributed by atoms with Gasteiger partial charge in [0.15, 0.2) is 5.82 Å². The topological polar surface area (TPSA) is 90.1 Å². The van der Waals surface area contributed by atoms with Crippen molar-refractivity contribution in [3.63, 3.8) is 0 Å². The minimum absolute atomic E-state index is 0.0169. The number of tetrazole rings is 1. The first kappa shape index (κ1) is 13.0. The molecule has 0 spiro atoms. The van der Waals surface area contributed by atoms with Crippen molar-refractivity contribution in [3.05, 3.63) is 35.7 Å². The molecule has 0 aliphatic heterocycles. The highest BCUT2D eigenvalue weighted by Crippen LogP contribution is 2.12. The fourth-order valence-corrected chi connectivity index (χ4v) is 1.65. The Morgan fingerprint density at radius 2 is 2.11 bits per heavy atom. The maximum atomic E-state index is 10.5. The van der Waals surface area contributed by atoms with E-state index < -0.39 is 5.97 Å². The van der Waals surface area contributed by atoms with Gasteiger partial charge >= 0.3 is 5.97 Å². The van der Waals surface area contributed by atoms with Gasteiger partial charge in [-0.25, -0.2) is 4.68 Å². The van der Waals surface area contributed by atoms with Gasteiger partial charge in [0.1, 0.15) is 5.75 Å². The van der Waals surface area contributed by atoms with E-state index in [9.17, 15) is 4.79 Å². The van der Waals surface area contributed by atoms with Crippen molar-refractivity contribution in [2.75, 3.05) is 7.11 Å². The first-order valence-electron chi connectivity index (χ1n) is 5.79. The molecular weight excluding hydrogens is 248 g/mol. The van der Waals surface area contributed by atoms with E-state index in [0.717, 1.165) is 11.3 Å². The van der Waals surface area contributed by atoms with Crippen LogP contribution in [-0.4, -0.2) is 38.4 Å². The number of carboxylic acids is 1. The lowest BCUT2D eigenvalue weighted by molar-refractivity contribution is -0.137. The number of benzene rings is 1. The average molecular weight is 262 g/mol. The van der Waals surface area contributed by atoms with E-state index in [2.05, 4.69) is 15.5 Å². The molecule has 0 saturated carbocycles. The molecule has 1 aromatic carbocycles. The molecule has 0 fully saturated rings. The summed E-state index contributed by atoms with van der Waals surface area (Å²) in [6.07, 6.45) is 0.335. The number of aliphatic carboxylic acids is 1. The fraction of sp³-hybridized carbons (Fsp3) is 0.333. The molecule has 0 radical (unpaired) electrons. The van der Waals surface area contributed by atoms with E-state index in [0.29, 0.717) is 18.8 Å². The Labute approximate surface area is 109 Å². The number of nitrogens with zero attached hydrogens (tertiary/aromatic N) is 4. The van der Waals surface area contributed by atoms with Gasteiger partial charge in [0.2, 0.25) is 0 Å². The molecular formula is C12H14N4O3. The van der Waals surface area contributed by atoms with Gasteiger partial charge in [-0.1, -0.05) is 12.1 Å². The Balaban J connectivity index is 2.05. The molecule has 7 nitrogen and oxygen atoms in total. The minimum atomic E-state index is -0.862. The zero-order chi connectivity index (χ0) is 13.7. The maximum Gasteiger partial charge on any atom is 0.303 e. The van der Waals surface area contributed by atoms with Crippen molar-refractivity contribution in [2.45, 2.75) is 19.4 Å². The van der Waals surface area contributed by atoms with Crippen LogP contribution in [0.5, 0.6) is 5.75 Å². The number of hydrogen-bond acceptors (Lipinski definition) is 5. The number of rotatable bonds is 6. The predicted molar refractivity (Wildman–Crippen MR) is 65.9 cm³/mol. The highest BCUT2D eigenvalue weighted by Gasteiger charge is 2.08. The second kappa shape index (κ2) is 5.94. The standard InChI is InChI=1S/C12H14N4O3/c1-19-10-4-2-9(3-5-10)8-16-11(13-14-15-16)6-7-12(17)18/h2-5H,6-8H2,1H3,(H,17,18). The zero-order valence-corrected chi connectivity index (χ0v) is 10.5.